The van der Waals surface area contributed by atoms with Crippen LogP contribution in [0.25, 0.3) is 0 Å². The minimum Gasteiger partial charge on any atom is -0.497 e. The summed E-state index contributed by atoms with van der Waals surface area (Å²) in [5.41, 5.74) is -0.951. The monoisotopic (exact) mass is 293 g/mol. The summed E-state index contributed by atoms with van der Waals surface area (Å²) in [6.07, 6.45) is 2.31. The first-order valence-electron chi connectivity index (χ1n) is 7.25. The Balaban J connectivity index is 1.94. The maximum absolute atomic E-state index is 11.5. The molecule has 116 valence electrons. The third-order valence-electron chi connectivity index (χ3n) is 3.66. The van der Waals surface area contributed by atoms with E-state index in [1.807, 2.05) is 31.2 Å². The van der Waals surface area contributed by atoms with Crippen molar-refractivity contribution in [2.45, 2.75) is 50.8 Å². The van der Waals surface area contributed by atoms with Crippen molar-refractivity contribution < 1.29 is 19.4 Å². The zero-order valence-corrected chi connectivity index (χ0v) is 12.8. The minimum atomic E-state index is -0.951. The van der Waals surface area contributed by atoms with Crippen LogP contribution in [-0.4, -0.2) is 35.9 Å². The van der Waals surface area contributed by atoms with Gasteiger partial charge in [-0.1, -0.05) is 0 Å². The number of aliphatic carboxylic acids is 1. The molecule has 5 heteroatoms. The Labute approximate surface area is 125 Å². The van der Waals surface area contributed by atoms with Gasteiger partial charge in [-0.15, -0.1) is 0 Å². The summed E-state index contributed by atoms with van der Waals surface area (Å²) in [7, 11) is 1.61. The van der Waals surface area contributed by atoms with Crippen LogP contribution in [-0.2, 0) is 4.79 Å². The van der Waals surface area contributed by atoms with E-state index in [1.54, 1.807) is 14.0 Å². The van der Waals surface area contributed by atoms with Gasteiger partial charge >= 0.3 is 5.97 Å². The van der Waals surface area contributed by atoms with Crippen LogP contribution >= 0.6 is 0 Å². The summed E-state index contributed by atoms with van der Waals surface area (Å²) in [4.78, 5) is 11.5. The number of benzene rings is 1. The zero-order chi connectivity index (χ0) is 15.5. The van der Waals surface area contributed by atoms with Gasteiger partial charge in [-0.25, -0.2) is 0 Å². The molecular weight excluding hydrogens is 270 g/mol. The van der Waals surface area contributed by atoms with E-state index < -0.39 is 11.5 Å². The molecule has 1 aliphatic carbocycles. The highest BCUT2D eigenvalue weighted by atomic mass is 16.5. The number of hydrogen-bond donors (Lipinski definition) is 2. The van der Waals surface area contributed by atoms with Crippen LogP contribution in [0.3, 0.4) is 0 Å². The average molecular weight is 293 g/mol. The normalized spacial score (nSPS) is 18.6. The second kappa shape index (κ2) is 6.35. The summed E-state index contributed by atoms with van der Waals surface area (Å²) >= 11 is 0. The lowest BCUT2D eigenvalue weighted by molar-refractivity contribution is -0.145. The third kappa shape index (κ3) is 4.36. The quantitative estimate of drug-likeness (QED) is 0.770. The first-order chi connectivity index (χ1) is 9.93. The molecule has 1 saturated carbocycles. The molecule has 0 bridgehead atoms. The van der Waals surface area contributed by atoms with Crippen LogP contribution in [0, 0.1) is 0 Å². The molecule has 1 aromatic carbocycles. The fraction of sp³-hybridized carbons (Fsp3) is 0.562. The minimum absolute atomic E-state index is 0.203. The maximum Gasteiger partial charge on any atom is 0.323 e. The fourth-order valence-corrected chi connectivity index (χ4v) is 2.39. The smallest absolute Gasteiger partial charge is 0.323 e. The van der Waals surface area contributed by atoms with Crippen molar-refractivity contribution in [2.24, 2.45) is 0 Å². The van der Waals surface area contributed by atoms with E-state index >= 15 is 0 Å². The van der Waals surface area contributed by atoms with E-state index in [-0.39, 0.29) is 6.10 Å². The third-order valence-corrected chi connectivity index (χ3v) is 3.66. The van der Waals surface area contributed by atoms with Crippen LogP contribution in [0.1, 0.15) is 33.1 Å². The van der Waals surface area contributed by atoms with Gasteiger partial charge in [0.25, 0.3) is 0 Å². The van der Waals surface area contributed by atoms with Gasteiger partial charge < -0.3 is 14.6 Å². The van der Waals surface area contributed by atoms with Crippen molar-refractivity contribution in [3.63, 3.8) is 0 Å². The van der Waals surface area contributed by atoms with E-state index in [9.17, 15) is 9.90 Å². The summed E-state index contributed by atoms with van der Waals surface area (Å²) in [6, 6.07) is 7.62. The first-order valence-corrected chi connectivity index (χ1v) is 7.25. The van der Waals surface area contributed by atoms with Crippen molar-refractivity contribution in [2.75, 3.05) is 7.11 Å². The molecule has 2 atom stereocenters. The van der Waals surface area contributed by atoms with Crippen molar-refractivity contribution in [3.8, 4) is 11.5 Å². The predicted octanol–water partition coefficient (Wildman–Crippen LogP) is 2.45. The van der Waals surface area contributed by atoms with Gasteiger partial charge in [-0.05, 0) is 51.0 Å². The average Bonchev–Trinajstić information content (AvgIpc) is 3.22. The number of methoxy groups -OCH3 is 1. The van der Waals surface area contributed by atoms with Crippen LogP contribution in [0.4, 0.5) is 0 Å². The summed E-state index contributed by atoms with van der Waals surface area (Å²) in [6.45, 7) is 3.61. The Morgan fingerprint density at radius 3 is 2.43 bits per heavy atom. The van der Waals surface area contributed by atoms with Gasteiger partial charge in [0.15, 0.2) is 0 Å². The molecule has 0 saturated heterocycles. The molecule has 0 radical (unpaired) electrons. The Hall–Kier alpha value is -1.75. The lowest BCUT2D eigenvalue weighted by atomic mass is 9.94. The van der Waals surface area contributed by atoms with Crippen molar-refractivity contribution in [1.82, 2.24) is 5.32 Å². The van der Waals surface area contributed by atoms with Crippen LogP contribution in [0.2, 0.25) is 0 Å². The van der Waals surface area contributed by atoms with Crippen molar-refractivity contribution in [1.29, 1.82) is 0 Å². The summed E-state index contributed by atoms with van der Waals surface area (Å²) < 4.78 is 10.9. The maximum atomic E-state index is 11.5. The molecule has 21 heavy (non-hydrogen) atoms. The van der Waals surface area contributed by atoms with Crippen molar-refractivity contribution >= 4 is 5.97 Å². The predicted molar refractivity (Wildman–Crippen MR) is 79.9 cm³/mol. The van der Waals surface area contributed by atoms with Gasteiger partial charge in [-0.3, -0.25) is 10.1 Å². The lowest BCUT2D eigenvalue weighted by Gasteiger charge is -2.29. The molecule has 0 amide bonds. The molecule has 0 aliphatic heterocycles. The van der Waals surface area contributed by atoms with Crippen LogP contribution < -0.4 is 14.8 Å². The number of ether oxygens (including phenoxy) is 2. The molecular formula is C16H23NO4. The molecule has 1 aliphatic rings. The highest BCUT2D eigenvalue weighted by molar-refractivity contribution is 5.78. The molecule has 2 N–H and O–H groups in total. The van der Waals surface area contributed by atoms with Gasteiger partial charge in [0.05, 0.1) is 13.2 Å². The number of nitrogens with one attached hydrogen (secondary N) is 1. The molecule has 0 spiro atoms. The van der Waals surface area contributed by atoms with Crippen LogP contribution in [0.5, 0.6) is 11.5 Å². The number of hydrogen-bond acceptors (Lipinski definition) is 4. The molecule has 2 unspecified atom stereocenters. The Bertz CT molecular complexity index is 484. The van der Waals surface area contributed by atoms with Gasteiger partial charge in [0, 0.05) is 12.5 Å². The summed E-state index contributed by atoms with van der Waals surface area (Å²) in [5, 5.41) is 12.7. The van der Waals surface area contributed by atoms with Gasteiger partial charge in [0.1, 0.15) is 17.0 Å². The van der Waals surface area contributed by atoms with E-state index in [2.05, 4.69) is 5.32 Å². The SMILES string of the molecule is COc1ccc(OC(C)CC(C)(NC2CC2)C(=O)O)cc1. The number of carboxylic acids is 1. The molecule has 2 rings (SSSR count). The molecule has 5 nitrogen and oxygen atoms in total. The number of carbonyl (C=O) groups is 1. The molecule has 0 aromatic heterocycles. The Morgan fingerprint density at radius 1 is 1.38 bits per heavy atom. The highest BCUT2D eigenvalue weighted by Gasteiger charge is 2.39. The number of carboxylic acid groups (broad SMARTS) is 1. The first kappa shape index (κ1) is 15.6. The molecule has 1 fully saturated rings. The van der Waals surface area contributed by atoms with E-state index in [0.29, 0.717) is 18.2 Å². The summed E-state index contributed by atoms with van der Waals surface area (Å²) in [5.74, 6) is 0.641. The molecule has 1 aromatic rings. The number of rotatable bonds is 8. The standard InChI is InChI=1S/C16H23NO4/c1-11(21-14-8-6-13(20-3)7-9-14)10-16(2,15(18)19)17-12-4-5-12/h6-9,11-12,17H,4-5,10H2,1-3H3,(H,18,19). The van der Waals surface area contributed by atoms with E-state index in [4.69, 9.17) is 9.47 Å². The largest absolute Gasteiger partial charge is 0.497 e. The van der Waals surface area contributed by atoms with E-state index in [1.165, 1.54) is 0 Å². The highest BCUT2D eigenvalue weighted by Crippen LogP contribution is 2.26. The van der Waals surface area contributed by atoms with Crippen LogP contribution in [0.15, 0.2) is 24.3 Å². The topological polar surface area (TPSA) is 67.8 Å². The van der Waals surface area contributed by atoms with Crippen molar-refractivity contribution in [3.05, 3.63) is 24.3 Å². The second-order valence-corrected chi connectivity index (χ2v) is 5.86. The zero-order valence-electron chi connectivity index (χ0n) is 12.8. The molecule has 0 heterocycles. The Morgan fingerprint density at radius 2 is 1.95 bits per heavy atom. The van der Waals surface area contributed by atoms with Gasteiger partial charge in [-0.2, -0.15) is 0 Å². The van der Waals surface area contributed by atoms with Gasteiger partial charge in [0.2, 0.25) is 0 Å². The van der Waals surface area contributed by atoms with E-state index in [0.717, 1.165) is 18.6 Å². The lowest BCUT2D eigenvalue weighted by Crippen LogP contribution is -2.52. The fourth-order valence-electron chi connectivity index (χ4n) is 2.39. The second-order valence-electron chi connectivity index (χ2n) is 5.86. The Kier molecular flexibility index (Phi) is 4.73.